The number of imide groups is 1. The number of benzene rings is 3. The molecule has 0 radical (unpaired) electrons. The summed E-state index contributed by atoms with van der Waals surface area (Å²) < 4.78 is 19.6. The molecular weight excluding hydrogens is 481 g/mol. The Morgan fingerprint density at radius 2 is 1.77 bits per heavy atom. The van der Waals surface area contributed by atoms with Crippen molar-refractivity contribution < 1.29 is 18.7 Å². The monoisotopic (exact) mass is 497 g/mol. The third-order valence-corrected chi connectivity index (χ3v) is 6.32. The van der Waals surface area contributed by atoms with Gasteiger partial charge in [0.05, 0.1) is 11.4 Å². The van der Waals surface area contributed by atoms with Crippen molar-refractivity contribution in [1.82, 2.24) is 4.90 Å². The second-order valence-electron chi connectivity index (χ2n) is 6.85. The van der Waals surface area contributed by atoms with Crippen LogP contribution in [0, 0.1) is 5.82 Å². The first kappa shape index (κ1) is 21.3. The van der Waals surface area contributed by atoms with Crippen LogP contribution in [0.25, 0.3) is 6.08 Å². The fourth-order valence-electron chi connectivity index (χ4n) is 3.03. The molecule has 0 saturated carbocycles. The van der Waals surface area contributed by atoms with Crippen molar-refractivity contribution in [2.75, 3.05) is 0 Å². The molecule has 156 valence electrons. The summed E-state index contributed by atoms with van der Waals surface area (Å²) in [4.78, 5) is 26.8. The lowest BCUT2D eigenvalue weighted by molar-refractivity contribution is -0.123. The second kappa shape index (κ2) is 9.49. The van der Waals surface area contributed by atoms with E-state index >= 15 is 0 Å². The molecule has 1 aliphatic rings. The topological polar surface area (TPSA) is 46.6 Å². The maximum atomic E-state index is 13.0. The van der Waals surface area contributed by atoms with Crippen molar-refractivity contribution in [2.24, 2.45) is 0 Å². The number of amides is 2. The molecule has 0 spiro atoms. The molecule has 7 heteroatoms. The van der Waals surface area contributed by atoms with Gasteiger partial charge in [-0.2, -0.15) is 0 Å². The molecule has 0 aliphatic carbocycles. The Balaban J connectivity index is 1.46. The maximum Gasteiger partial charge on any atom is 0.293 e. The van der Waals surface area contributed by atoms with E-state index in [1.54, 1.807) is 30.3 Å². The smallest absolute Gasteiger partial charge is 0.293 e. The zero-order valence-electron chi connectivity index (χ0n) is 16.3. The largest absolute Gasteiger partial charge is 0.489 e. The number of nitrogens with zero attached hydrogens (tertiary/aromatic N) is 1. The van der Waals surface area contributed by atoms with Crippen LogP contribution < -0.4 is 4.74 Å². The molecule has 1 heterocycles. The van der Waals surface area contributed by atoms with E-state index < -0.39 is 0 Å². The molecule has 4 rings (SSSR count). The quantitative estimate of drug-likeness (QED) is 0.369. The van der Waals surface area contributed by atoms with Crippen LogP contribution in [0.2, 0.25) is 0 Å². The fraction of sp³-hybridized carbons (Fsp3) is 0.0833. The Labute approximate surface area is 191 Å². The number of thioether (sulfide) groups is 1. The maximum absolute atomic E-state index is 13.0. The van der Waals surface area contributed by atoms with Gasteiger partial charge in [-0.3, -0.25) is 14.5 Å². The van der Waals surface area contributed by atoms with Gasteiger partial charge < -0.3 is 4.74 Å². The number of hydrogen-bond donors (Lipinski definition) is 0. The van der Waals surface area contributed by atoms with Crippen molar-refractivity contribution in [1.29, 1.82) is 0 Å². The normalized spacial score (nSPS) is 15.0. The SMILES string of the molecule is O=C1S/C(=C\c2cccc(OCc3ccc(F)cc3)c2)C(=O)N1Cc1ccccc1Br. The van der Waals surface area contributed by atoms with Crippen LogP contribution in [-0.4, -0.2) is 16.0 Å². The number of ether oxygens (including phenoxy) is 1. The minimum absolute atomic E-state index is 0.213. The van der Waals surface area contributed by atoms with Crippen molar-refractivity contribution in [3.8, 4) is 5.75 Å². The lowest BCUT2D eigenvalue weighted by Crippen LogP contribution is -2.27. The van der Waals surface area contributed by atoms with Crippen molar-refractivity contribution in [3.63, 3.8) is 0 Å². The van der Waals surface area contributed by atoms with Gasteiger partial charge in [-0.15, -0.1) is 0 Å². The van der Waals surface area contributed by atoms with Crippen LogP contribution >= 0.6 is 27.7 Å². The highest BCUT2D eigenvalue weighted by atomic mass is 79.9. The number of rotatable bonds is 6. The lowest BCUT2D eigenvalue weighted by Gasteiger charge is -2.13. The van der Waals surface area contributed by atoms with E-state index in [4.69, 9.17) is 4.74 Å². The molecule has 31 heavy (non-hydrogen) atoms. The second-order valence-corrected chi connectivity index (χ2v) is 8.69. The summed E-state index contributed by atoms with van der Waals surface area (Å²) in [6.45, 7) is 0.510. The minimum atomic E-state index is -0.316. The predicted octanol–water partition coefficient (Wildman–Crippen LogP) is 6.40. The van der Waals surface area contributed by atoms with Crippen molar-refractivity contribution in [3.05, 3.63) is 105 Å². The van der Waals surface area contributed by atoms with Crippen molar-refractivity contribution >= 4 is 44.9 Å². The Morgan fingerprint density at radius 3 is 2.55 bits per heavy atom. The van der Waals surface area contributed by atoms with Crippen LogP contribution in [0.3, 0.4) is 0 Å². The number of carbonyl (C=O) groups excluding carboxylic acids is 2. The van der Waals surface area contributed by atoms with Gasteiger partial charge in [0.15, 0.2) is 0 Å². The molecule has 3 aromatic carbocycles. The minimum Gasteiger partial charge on any atom is -0.489 e. The third kappa shape index (κ3) is 5.24. The van der Waals surface area contributed by atoms with E-state index in [1.165, 1.54) is 17.0 Å². The average Bonchev–Trinajstić information content (AvgIpc) is 3.02. The van der Waals surface area contributed by atoms with Crippen LogP contribution in [0.4, 0.5) is 9.18 Å². The number of hydrogen-bond acceptors (Lipinski definition) is 4. The molecule has 1 saturated heterocycles. The van der Waals surface area contributed by atoms with Gasteiger partial charge in [0.2, 0.25) is 0 Å². The Morgan fingerprint density at radius 1 is 1.00 bits per heavy atom. The summed E-state index contributed by atoms with van der Waals surface area (Å²) in [6.07, 6.45) is 1.69. The first-order valence-corrected chi connectivity index (χ1v) is 11.1. The van der Waals surface area contributed by atoms with E-state index in [-0.39, 0.29) is 23.5 Å². The Bertz CT molecular complexity index is 1160. The molecule has 3 aromatic rings. The van der Waals surface area contributed by atoms with Gasteiger partial charge in [-0.1, -0.05) is 58.4 Å². The van der Waals surface area contributed by atoms with Gasteiger partial charge in [-0.05, 0) is 64.9 Å². The molecule has 0 N–H and O–H groups in total. The molecule has 2 amide bonds. The fourth-order valence-corrected chi connectivity index (χ4v) is 4.27. The summed E-state index contributed by atoms with van der Waals surface area (Å²) in [5.41, 5.74) is 2.46. The molecule has 1 aliphatic heterocycles. The van der Waals surface area contributed by atoms with E-state index in [9.17, 15) is 14.0 Å². The average molecular weight is 498 g/mol. The van der Waals surface area contributed by atoms with Crippen LogP contribution in [0.5, 0.6) is 5.75 Å². The molecule has 0 unspecified atom stereocenters. The van der Waals surface area contributed by atoms with Gasteiger partial charge in [0, 0.05) is 4.47 Å². The first-order chi connectivity index (χ1) is 15.0. The highest BCUT2D eigenvalue weighted by Crippen LogP contribution is 2.34. The molecule has 0 aromatic heterocycles. The highest BCUT2D eigenvalue weighted by molar-refractivity contribution is 9.10. The summed E-state index contributed by atoms with van der Waals surface area (Å²) >= 11 is 4.38. The molecule has 0 atom stereocenters. The summed E-state index contributed by atoms with van der Waals surface area (Å²) in [7, 11) is 0. The lowest BCUT2D eigenvalue weighted by atomic mass is 10.2. The van der Waals surface area contributed by atoms with E-state index in [0.717, 1.165) is 32.9 Å². The Kier molecular flexibility index (Phi) is 6.53. The Hall–Kier alpha value is -2.90. The summed E-state index contributed by atoms with van der Waals surface area (Å²) in [5.74, 6) is 0.00761. The molecule has 0 bridgehead atoms. The number of halogens is 2. The van der Waals surface area contributed by atoms with Crippen molar-refractivity contribution in [2.45, 2.75) is 13.2 Å². The molecule has 4 nitrogen and oxygen atoms in total. The molecular formula is C24H17BrFNO3S. The first-order valence-electron chi connectivity index (χ1n) is 9.46. The van der Waals surface area contributed by atoms with Gasteiger partial charge in [0.1, 0.15) is 18.2 Å². The summed E-state index contributed by atoms with van der Waals surface area (Å²) in [6, 6.07) is 20.9. The third-order valence-electron chi connectivity index (χ3n) is 4.63. The number of carbonyl (C=O) groups is 2. The van der Waals surface area contributed by atoms with Crippen LogP contribution in [-0.2, 0) is 17.9 Å². The highest BCUT2D eigenvalue weighted by Gasteiger charge is 2.35. The molecule has 1 fully saturated rings. The predicted molar refractivity (Wildman–Crippen MR) is 123 cm³/mol. The zero-order chi connectivity index (χ0) is 21.8. The van der Waals surface area contributed by atoms with Gasteiger partial charge >= 0.3 is 0 Å². The van der Waals surface area contributed by atoms with E-state index in [1.807, 2.05) is 36.4 Å². The van der Waals surface area contributed by atoms with Gasteiger partial charge in [0.25, 0.3) is 11.1 Å². The van der Waals surface area contributed by atoms with Crippen LogP contribution in [0.15, 0.2) is 82.2 Å². The van der Waals surface area contributed by atoms with Gasteiger partial charge in [-0.25, -0.2) is 4.39 Å². The zero-order valence-corrected chi connectivity index (χ0v) is 18.7. The van der Waals surface area contributed by atoms with E-state index in [2.05, 4.69) is 15.9 Å². The standard InChI is InChI=1S/C24H17BrFNO3S/c25-21-7-2-1-5-18(21)14-27-23(28)22(31-24(27)29)13-17-4-3-6-20(12-17)30-15-16-8-10-19(26)11-9-16/h1-13H,14-15H2/b22-13-. The van der Waals surface area contributed by atoms with Crippen LogP contribution in [0.1, 0.15) is 16.7 Å². The van der Waals surface area contributed by atoms with E-state index in [0.29, 0.717) is 17.3 Å². The summed E-state index contributed by atoms with van der Waals surface area (Å²) in [5, 5.41) is -0.296.